The average molecular weight is 1060 g/mol. The van der Waals surface area contributed by atoms with E-state index >= 15 is 0 Å². The van der Waals surface area contributed by atoms with Crippen LogP contribution in [0.1, 0.15) is 173 Å². The van der Waals surface area contributed by atoms with Gasteiger partial charge in [-0.25, -0.2) is 0 Å². The highest BCUT2D eigenvalue weighted by atomic mass is 32.1. The van der Waals surface area contributed by atoms with E-state index in [1.807, 2.05) is 68.0 Å². The first kappa shape index (κ1) is 52.7. The van der Waals surface area contributed by atoms with Gasteiger partial charge < -0.3 is 0 Å². The molecular weight excluding hydrogens is 985 g/mol. The highest BCUT2D eigenvalue weighted by Crippen LogP contribution is 2.43. The molecule has 9 rings (SSSR count). The van der Waals surface area contributed by atoms with Gasteiger partial charge in [0.25, 0.3) is 0 Å². The molecule has 0 spiro atoms. The second kappa shape index (κ2) is 28.0. The highest BCUT2D eigenvalue weighted by Gasteiger charge is 2.14. The molecule has 6 heterocycles. The molecule has 0 saturated heterocycles. The van der Waals surface area contributed by atoms with Gasteiger partial charge in [0.1, 0.15) is 0 Å². The summed E-state index contributed by atoms with van der Waals surface area (Å²) in [6.45, 7) is 4.60. The topological polar surface area (TPSA) is 0 Å². The molecule has 0 aliphatic carbocycles. The molecule has 0 atom stereocenters. The number of fused-ring (bicyclic) bond motifs is 2. The van der Waals surface area contributed by atoms with Crippen LogP contribution >= 0.6 is 68.0 Å². The maximum atomic E-state index is 2.37. The predicted octanol–water partition coefficient (Wildman–Crippen LogP) is 24.3. The standard InChI is InChI=1S/C66H74S6/c1-3-5-7-9-11-13-15-17-19-21-27-49-35-41-59(67-49)63-45-47-65(71-63)61-43-37-51(69-61)33-39-57-53-29-23-25-31-55(53)58(56-32-26-24-30-54(56)57)40-34-52-38-44-62(70-52)66-48-46-64(72-66)60-42-36-50(68-60)28-22-20-18-16-14-12-10-8-6-4-2/h23-26,29-48H,3-22,27-28H2,1-2H3/b39-33+,40-34+. The Balaban J connectivity index is 0.807. The van der Waals surface area contributed by atoms with E-state index in [0.29, 0.717) is 0 Å². The smallest absolute Gasteiger partial charge is 0.0449 e. The van der Waals surface area contributed by atoms with Crippen molar-refractivity contribution in [2.75, 3.05) is 0 Å². The lowest BCUT2D eigenvalue weighted by atomic mass is 9.91. The molecule has 0 fully saturated rings. The molecule has 0 nitrogen and oxygen atoms in total. The fraction of sp³-hybridized carbons (Fsp3) is 0.364. The van der Waals surface area contributed by atoms with Gasteiger partial charge in [-0.3, -0.25) is 0 Å². The first-order valence-corrected chi connectivity index (χ1v) is 32.4. The van der Waals surface area contributed by atoms with Gasteiger partial charge in [-0.05, 0) is 143 Å². The molecule has 0 unspecified atom stereocenters. The Morgan fingerprint density at radius 3 is 0.889 bits per heavy atom. The van der Waals surface area contributed by atoms with Crippen LogP contribution in [0, 0.1) is 0 Å². The quantitative estimate of drug-likeness (QED) is 0.0311. The van der Waals surface area contributed by atoms with Gasteiger partial charge in [0.2, 0.25) is 0 Å². The van der Waals surface area contributed by atoms with Gasteiger partial charge in [-0.1, -0.05) is 190 Å². The number of unbranched alkanes of at least 4 members (excludes halogenated alkanes) is 18. The van der Waals surface area contributed by atoms with E-state index in [-0.39, 0.29) is 0 Å². The van der Waals surface area contributed by atoms with Crippen molar-refractivity contribution in [3.63, 3.8) is 0 Å². The van der Waals surface area contributed by atoms with E-state index < -0.39 is 0 Å². The number of hydrogen-bond acceptors (Lipinski definition) is 6. The Hall–Kier alpha value is -4.14. The summed E-state index contributed by atoms with van der Waals surface area (Å²) in [4.78, 5) is 16.6. The molecule has 6 heteroatoms. The number of thiophene rings is 6. The zero-order valence-corrected chi connectivity index (χ0v) is 47.8. The molecule has 0 radical (unpaired) electrons. The van der Waals surface area contributed by atoms with Crippen molar-refractivity contribution in [3.8, 4) is 39.0 Å². The zero-order valence-electron chi connectivity index (χ0n) is 42.9. The number of hydrogen-bond donors (Lipinski definition) is 0. The maximum Gasteiger partial charge on any atom is 0.0449 e. The lowest BCUT2D eigenvalue weighted by Crippen LogP contribution is -1.88. The van der Waals surface area contributed by atoms with E-state index in [1.165, 1.54) is 232 Å². The molecule has 0 N–H and O–H groups in total. The van der Waals surface area contributed by atoms with Crippen molar-refractivity contribution >= 4 is 114 Å². The number of aryl methyl sites for hydroxylation is 2. The van der Waals surface area contributed by atoms with Crippen LogP contribution in [-0.2, 0) is 12.8 Å². The molecule has 72 heavy (non-hydrogen) atoms. The van der Waals surface area contributed by atoms with E-state index in [4.69, 9.17) is 0 Å². The first-order chi connectivity index (χ1) is 35.6. The van der Waals surface area contributed by atoms with Crippen LogP contribution in [0.3, 0.4) is 0 Å². The van der Waals surface area contributed by atoms with Crippen LogP contribution in [0.2, 0.25) is 0 Å². The Kier molecular flexibility index (Phi) is 20.5. The molecule has 0 amide bonds. The van der Waals surface area contributed by atoms with Crippen LogP contribution in [0.25, 0.3) is 84.9 Å². The SMILES string of the molecule is CCCCCCCCCCCCc1ccc(-c2ccc(-c3ccc(/C=C/c4c5ccccc5c(/C=C/c5ccc(-c6ccc(-c7ccc(CCCCCCCCCCCC)s7)s6)s5)c5ccccc45)s3)s2)s1. The Morgan fingerprint density at radius 1 is 0.264 bits per heavy atom. The molecule has 374 valence electrons. The second-order valence-corrected chi connectivity index (χ2v) is 26.4. The van der Waals surface area contributed by atoms with Crippen molar-refractivity contribution in [2.24, 2.45) is 0 Å². The Bertz CT molecular complexity index is 2830. The molecule has 0 saturated carbocycles. The van der Waals surface area contributed by atoms with Crippen LogP contribution in [-0.4, -0.2) is 0 Å². The summed E-state index contributed by atoms with van der Waals surface area (Å²) in [7, 11) is 0. The Morgan fingerprint density at radius 2 is 0.542 bits per heavy atom. The molecule has 6 aromatic heterocycles. The van der Waals surface area contributed by atoms with Gasteiger partial charge in [-0.2, -0.15) is 0 Å². The Labute approximate surface area is 456 Å². The monoisotopic (exact) mass is 1060 g/mol. The van der Waals surface area contributed by atoms with Crippen molar-refractivity contribution in [3.05, 3.63) is 152 Å². The fourth-order valence-corrected chi connectivity index (χ4v) is 16.4. The molecule has 0 aliphatic heterocycles. The average Bonchev–Trinajstić information content (AvgIpc) is 4.28. The second-order valence-electron chi connectivity index (χ2n) is 19.7. The number of benzene rings is 3. The van der Waals surface area contributed by atoms with E-state index in [2.05, 4.69) is 159 Å². The zero-order chi connectivity index (χ0) is 49.2. The minimum Gasteiger partial charge on any atom is -0.139 e. The normalized spacial score (nSPS) is 12.0. The molecule has 3 aromatic carbocycles. The van der Waals surface area contributed by atoms with Crippen molar-refractivity contribution in [1.29, 1.82) is 0 Å². The lowest BCUT2D eigenvalue weighted by molar-refractivity contribution is 0.557. The number of rotatable bonds is 30. The summed E-state index contributed by atoms with van der Waals surface area (Å²) in [5.41, 5.74) is 2.56. The van der Waals surface area contributed by atoms with Crippen molar-refractivity contribution in [2.45, 2.75) is 155 Å². The fourth-order valence-electron chi connectivity index (χ4n) is 10.1. The first-order valence-electron chi connectivity index (χ1n) is 27.5. The van der Waals surface area contributed by atoms with Crippen molar-refractivity contribution in [1.82, 2.24) is 0 Å². The van der Waals surface area contributed by atoms with Gasteiger partial charge >= 0.3 is 0 Å². The van der Waals surface area contributed by atoms with Crippen LogP contribution in [0.15, 0.2) is 121 Å². The van der Waals surface area contributed by atoms with Gasteiger partial charge in [0.05, 0.1) is 0 Å². The summed E-state index contributed by atoms with van der Waals surface area (Å²) in [5, 5.41) is 5.14. The molecule has 0 aliphatic rings. The van der Waals surface area contributed by atoms with Crippen LogP contribution in [0.4, 0.5) is 0 Å². The van der Waals surface area contributed by atoms with Crippen molar-refractivity contribution < 1.29 is 0 Å². The molecule has 9 aromatic rings. The third-order valence-corrected chi connectivity index (χ3v) is 21.5. The van der Waals surface area contributed by atoms with Crippen LogP contribution in [0.5, 0.6) is 0 Å². The summed E-state index contributed by atoms with van der Waals surface area (Å²) in [6, 6.07) is 45.9. The van der Waals surface area contributed by atoms with Crippen LogP contribution < -0.4 is 0 Å². The summed E-state index contributed by atoms with van der Waals surface area (Å²) in [6.07, 6.45) is 39.6. The van der Waals surface area contributed by atoms with Gasteiger partial charge in [-0.15, -0.1) is 68.0 Å². The summed E-state index contributed by atoms with van der Waals surface area (Å²) < 4.78 is 0. The molecular formula is C66H74S6. The lowest BCUT2D eigenvalue weighted by Gasteiger charge is -2.13. The minimum absolute atomic E-state index is 1.22. The third-order valence-electron chi connectivity index (χ3n) is 14.2. The van der Waals surface area contributed by atoms with E-state index in [9.17, 15) is 0 Å². The predicted molar refractivity (Wildman–Crippen MR) is 332 cm³/mol. The largest absolute Gasteiger partial charge is 0.139 e. The maximum absolute atomic E-state index is 2.37. The van der Waals surface area contributed by atoms with Gasteiger partial charge in [0.15, 0.2) is 0 Å². The summed E-state index contributed by atoms with van der Waals surface area (Å²) in [5.74, 6) is 0. The summed E-state index contributed by atoms with van der Waals surface area (Å²) >= 11 is 11.6. The molecule has 0 bridgehead atoms. The minimum atomic E-state index is 1.22. The highest BCUT2D eigenvalue weighted by molar-refractivity contribution is 7.27. The van der Waals surface area contributed by atoms with E-state index in [1.54, 1.807) is 0 Å². The van der Waals surface area contributed by atoms with Gasteiger partial charge in [0, 0.05) is 58.5 Å². The third kappa shape index (κ3) is 14.6. The van der Waals surface area contributed by atoms with E-state index in [0.717, 1.165) is 0 Å².